The molecule has 1 aromatic heterocycles. The topological polar surface area (TPSA) is 148 Å². The van der Waals surface area contributed by atoms with E-state index in [-0.39, 0.29) is 31.0 Å². The van der Waals surface area contributed by atoms with Crippen molar-refractivity contribution in [3.05, 3.63) is 48.5 Å². The maximum Gasteiger partial charge on any atom is 0.247 e. The number of nitrogens with zero attached hydrogens (tertiary/aromatic N) is 4. The van der Waals surface area contributed by atoms with Crippen LogP contribution in [-0.4, -0.2) is 79.7 Å². The molecule has 43 heavy (non-hydrogen) atoms. The van der Waals surface area contributed by atoms with Gasteiger partial charge in [0.15, 0.2) is 0 Å². The van der Waals surface area contributed by atoms with Gasteiger partial charge < -0.3 is 30.1 Å². The van der Waals surface area contributed by atoms with Gasteiger partial charge in [0.1, 0.15) is 29.6 Å². The summed E-state index contributed by atoms with van der Waals surface area (Å²) in [4.78, 5) is 43.6. The van der Waals surface area contributed by atoms with Crippen LogP contribution in [0.4, 0.5) is 5.69 Å². The fraction of sp³-hybridized carbons (Fsp3) is 0.516. The van der Waals surface area contributed by atoms with Gasteiger partial charge in [0.05, 0.1) is 42.7 Å². The minimum atomic E-state index is -1.18. The Hall–Kier alpha value is -4.03. The third-order valence-electron chi connectivity index (χ3n) is 8.89. The van der Waals surface area contributed by atoms with Gasteiger partial charge in [-0.3, -0.25) is 14.4 Å². The lowest BCUT2D eigenvalue weighted by Gasteiger charge is -2.37. The molecule has 2 aromatic carbocycles. The average molecular weight is 591 g/mol. The van der Waals surface area contributed by atoms with Gasteiger partial charge in [-0.05, 0) is 68.5 Å². The van der Waals surface area contributed by atoms with Gasteiger partial charge in [-0.15, -0.1) is 5.10 Å². The van der Waals surface area contributed by atoms with Crippen molar-refractivity contribution >= 4 is 34.4 Å². The number of ether oxygens (including phenoxy) is 2. The summed E-state index contributed by atoms with van der Waals surface area (Å²) >= 11 is 0. The van der Waals surface area contributed by atoms with E-state index in [1.165, 1.54) is 4.90 Å². The predicted octanol–water partition coefficient (Wildman–Crippen LogP) is 2.32. The molecule has 3 aromatic rings. The molecule has 3 fully saturated rings. The number of likely N-dealkylation sites (tertiary alicyclic amines) is 1. The minimum Gasteiger partial charge on any atom is -0.494 e. The van der Waals surface area contributed by atoms with E-state index in [0.29, 0.717) is 42.8 Å². The number of aliphatic hydroxyl groups is 1. The van der Waals surface area contributed by atoms with Crippen molar-refractivity contribution in [2.75, 3.05) is 18.5 Å². The Bertz CT molecular complexity index is 1510. The summed E-state index contributed by atoms with van der Waals surface area (Å²) in [5.74, 6) is -1.84. The van der Waals surface area contributed by atoms with E-state index in [1.54, 1.807) is 28.9 Å². The highest BCUT2D eigenvalue weighted by molar-refractivity contribution is 6.02. The molecule has 3 aliphatic rings. The average Bonchev–Trinajstić information content (AvgIpc) is 3.75. The van der Waals surface area contributed by atoms with Gasteiger partial charge in [0.2, 0.25) is 17.7 Å². The Morgan fingerprint density at radius 3 is 2.65 bits per heavy atom. The highest BCUT2D eigenvalue weighted by atomic mass is 16.5. The molecule has 3 saturated heterocycles. The van der Waals surface area contributed by atoms with Gasteiger partial charge in [-0.2, -0.15) is 0 Å². The zero-order chi connectivity index (χ0) is 30.3. The number of amides is 3. The maximum absolute atomic E-state index is 14.3. The largest absolute Gasteiger partial charge is 0.494 e. The van der Waals surface area contributed by atoms with Crippen LogP contribution in [0.5, 0.6) is 5.75 Å². The smallest absolute Gasteiger partial charge is 0.247 e. The number of para-hydroxylation sites is 1. The maximum atomic E-state index is 14.3. The Balaban J connectivity index is 1.29. The summed E-state index contributed by atoms with van der Waals surface area (Å²) < 4.78 is 13.6. The highest BCUT2D eigenvalue weighted by Gasteiger charge is 2.75. The number of carbonyl (C=O) groups excluding carboxylic acids is 3. The monoisotopic (exact) mass is 590 g/mol. The zero-order valence-corrected chi connectivity index (χ0v) is 24.6. The van der Waals surface area contributed by atoms with Crippen LogP contribution in [0.15, 0.2) is 48.5 Å². The number of hydrogen-bond donors (Lipinski definition) is 3. The second-order valence-electron chi connectivity index (χ2n) is 12.0. The van der Waals surface area contributed by atoms with Crippen LogP contribution >= 0.6 is 0 Å². The van der Waals surface area contributed by atoms with E-state index >= 15 is 0 Å². The number of rotatable bonds is 11. The summed E-state index contributed by atoms with van der Waals surface area (Å²) in [6.07, 6.45) is 1.01. The number of anilines is 1. The Morgan fingerprint density at radius 2 is 1.93 bits per heavy atom. The number of nitrogens with one attached hydrogen (secondary N) is 2. The van der Waals surface area contributed by atoms with E-state index in [9.17, 15) is 19.5 Å². The van der Waals surface area contributed by atoms with Crippen LogP contribution in [0.25, 0.3) is 11.0 Å². The summed E-state index contributed by atoms with van der Waals surface area (Å²) in [6, 6.07) is 12.9. The molecule has 0 radical (unpaired) electrons. The predicted molar refractivity (Wildman–Crippen MR) is 157 cm³/mol. The van der Waals surface area contributed by atoms with E-state index in [1.807, 2.05) is 45.0 Å². The molecule has 4 heterocycles. The fourth-order valence-electron chi connectivity index (χ4n) is 7.21. The minimum absolute atomic E-state index is 0.0394. The third kappa shape index (κ3) is 5.02. The highest BCUT2D eigenvalue weighted by Crippen LogP contribution is 2.59. The van der Waals surface area contributed by atoms with Gasteiger partial charge in [-0.25, -0.2) is 4.68 Å². The molecule has 2 unspecified atom stereocenters. The molecule has 3 amide bonds. The molecule has 228 valence electrons. The van der Waals surface area contributed by atoms with E-state index < -0.39 is 41.5 Å². The second kappa shape index (κ2) is 11.6. The van der Waals surface area contributed by atoms with Crippen molar-refractivity contribution in [2.24, 2.45) is 17.8 Å². The first-order valence-corrected chi connectivity index (χ1v) is 15.0. The van der Waals surface area contributed by atoms with Crippen LogP contribution in [0.1, 0.15) is 40.0 Å². The van der Waals surface area contributed by atoms with Crippen LogP contribution in [0, 0.1) is 17.8 Å². The van der Waals surface area contributed by atoms with E-state index in [0.717, 1.165) is 5.52 Å². The summed E-state index contributed by atoms with van der Waals surface area (Å²) in [5.41, 5.74) is 0.858. The number of fused-ring (bicyclic) bond motifs is 2. The first-order chi connectivity index (χ1) is 20.8. The summed E-state index contributed by atoms with van der Waals surface area (Å²) in [7, 11) is 0. The first-order valence-electron chi connectivity index (χ1n) is 15.0. The molecule has 3 N–H and O–H groups in total. The van der Waals surface area contributed by atoms with Crippen molar-refractivity contribution in [3.8, 4) is 5.75 Å². The molecule has 12 nitrogen and oxygen atoms in total. The van der Waals surface area contributed by atoms with Gasteiger partial charge in [0, 0.05) is 5.69 Å². The van der Waals surface area contributed by atoms with Crippen LogP contribution < -0.4 is 15.4 Å². The molecule has 2 bridgehead atoms. The molecule has 6 atom stereocenters. The van der Waals surface area contributed by atoms with Crippen molar-refractivity contribution in [1.29, 1.82) is 0 Å². The van der Waals surface area contributed by atoms with Crippen molar-refractivity contribution in [2.45, 2.75) is 70.5 Å². The van der Waals surface area contributed by atoms with Crippen LogP contribution in [-0.2, 0) is 25.8 Å². The first kappa shape index (κ1) is 29.1. The lowest BCUT2D eigenvalue weighted by Crippen LogP contribution is -2.58. The van der Waals surface area contributed by atoms with Crippen LogP contribution in [0.3, 0.4) is 0 Å². The molecule has 3 aliphatic heterocycles. The van der Waals surface area contributed by atoms with Crippen LogP contribution in [0.2, 0.25) is 0 Å². The van der Waals surface area contributed by atoms with Gasteiger partial charge in [0.25, 0.3) is 0 Å². The number of hydrogen-bond acceptors (Lipinski definition) is 8. The summed E-state index contributed by atoms with van der Waals surface area (Å²) in [5, 5.41) is 24.6. The normalized spacial score (nSPS) is 26.6. The van der Waals surface area contributed by atoms with E-state index in [2.05, 4.69) is 20.9 Å². The van der Waals surface area contributed by atoms with Gasteiger partial charge >= 0.3 is 0 Å². The summed E-state index contributed by atoms with van der Waals surface area (Å²) in [6.45, 7) is 6.17. The molecule has 6 rings (SSSR count). The number of aromatic nitrogens is 3. The van der Waals surface area contributed by atoms with Crippen molar-refractivity contribution in [3.63, 3.8) is 0 Å². The molecular formula is C31H38N6O6. The van der Waals surface area contributed by atoms with Gasteiger partial charge in [-0.1, -0.05) is 31.2 Å². The second-order valence-corrected chi connectivity index (χ2v) is 12.0. The third-order valence-corrected chi connectivity index (χ3v) is 8.89. The lowest BCUT2D eigenvalue weighted by molar-refractivity contribution is -0.145. The lowest BCUT2D eigenvalue weighted by atomic mass is 9.70. The molecule has 0 aliphatic carbocycles. The zero-order valence-electron chi connectivity index (χ0n) is 24.6. The Kier molecular flexibility index (Phi) is 7.82. The van der Waals surface area contributed by atoms with Crippen molar-refractivity contribution < 1.29 is 29.0 Å². The standard InChI is InChI=1S/C31H38N6O6/c1-4-42-21-11-9-19(10-12-21)33-28(39)25-24-13-14-31(43-24)26(25)30(41)37(20(16-38)15-18(2)3)27(31)29(40)32-17-36-23-8-6-5-7-22(23)34-35-36/h5-12,18,20,24-27,38H,4,13-17H2,1-3H3,(H,32,40)(H,33,39)/t20-,24+,25-,26+,27?,31?/m1/s1. The fourth-order valence-corrected chi connectivity index (χ4v) is 7.21. The SMILES string of the molecule is CCOc1ccc(NC(=O)[C@@H]2[C@@H]3CCC4(O3)C(C(=O)NCn3nnc5ccccc53)N([C@@H](CO)CC(C)C)C(=O)[C@H]24)cc1. The molecule has 1 spiro atoms. The molecule has 0 saturated carbocycles. The number of aliphatic hydroxyl groups excluding tert-OH is 1. The quantitative estimate of drug-likeness (QED) is 0.308. The molecular weight excluding hydrogens is 552 g/mol. The molecule has 12 heteroatoms. The van der Waals surface area contributed by atoms with E-state index in [4.69, 9.17) is 9.47 Å². The number of benzene rings is 2. The van der Waals surface area contributed by atoms with Crippen molar-refractivity contribution in [1.82, 2.24) is 25.2 Å². The number of carbonyl (C=O) groups is 3. The Labute approximate surface area is 249 Å². The Morgan fingerprint density at radius 1 is 1.16 bits per heavy atom.